The van der Waals surface area contributed by atoms with Crippen LogP contribution < -0.4 is 0 Å². The van der Waals surface area contributed by atoms with Gasteiger partial charge in [-0.2, -0.15) is 0 Å². The molecule has 0 bridgehead atoms. The van der Waals surface area contributed by atoms with E-state index in [9.17, 15) is 0 Å². The Bertz CT molecular complexity index is 841. The summed E-state index contributed by atoms with van der Waals surface area (Å²) >= 11 is 0. The minimum absolute atomic E-state index is 1.05. The molecule has 0 unspecified atom stereocenters. The maximum atomic E-state index is 4.76. The highest BCUT2D eigenvalue weighted by Crippen LogP contribution is 2.34. The molecule has 0 aliphatic heterocycles. The number of nitrogens with zero attached hydrogens (tertiary/aromatic N) is 1. The molecule has 1 heterocycles. The smallest absolute Gasteiger partial charge is 0.0715 e. The largest absolute Gasteiger partial charge is 0.248 e. The Hall–Kier alpha value is -2.67. The summed E-state index contributed by atoms with van der Waals surface area (Å²) in [6.45, 7) is 4.00. The van der Waals surface area contributed by atoms with Crippen LogP contribution in [0.2, 0.25) is 0 Å². The van der Waals surface area contributed by atoms with Gasteiger partial charge in [0.15, 0.2) is 0 Å². The van der Waals surface area contributed by atoms with E-state index in [4.69, 9.17) is 4.98 Å². The fraction of sp³-hybridized carbons (Fsp3) is 0.0952. The molecular formula is C21H19N. The van der Waals surface area contributed by atoms with E-state index in [0.717, 1.165) is 11.0 Å². The highest BCUT2D eigenvalue weighted by molar-refractivity contribution is 6.09. The summed E-state index contributed by atoms with van der Waals surface area (Å²) < 4.78 is 0. The highest BCUT2D eigenvalue weighted by Gasteiger charge is 2.09. The van der Waals surface area contributed by atoms with E-state index < -0.39 is 0 Å². The normalized spacial score (nSPS) is 10.3. The first kappa shape index (κ1) is 14.3. The van der Waals surface area contributed by atoms with Crippen LogP contribution in [-0.2, 0) is 0 Å². The third-order valence-corrected chi connectivity index (χ3v) is 3.65. The van der Waals surface area contributed by atoms with Gasteiger partial charge in [0.05, 0.1) is 11.0 Å². The number of hydrogen-bond donors (Lipinski definition) is 0. The first-order valence-corrected chi connectivity index (χ1v) is 7.76. The van der Waals surface area contributed by atoms with Crippen LogP contribution >= 0.6 is 0 Å². The Morgan fingerprint density at radius 3 is 1.55 bits per heavy atom. The zero-order chi connectivity index (χ0) is 15.4. The number of hydrogen-bond acceptors (Lipinski definition) is 1. The fourth-order valence-electron chi connectivity index (χ4n) is 2.76. The van der Waals surface area contributed by atoms with Crippen molar-refractivity contribution >= 4 is 21.8 Å². The molecule has 0 aliphatic carbocycles. The molecule has 22 heavy (non-hydrogen) atoms. The average Bonchev–Trinajstić information content (AvgIpc) is 2.62. The lowest BCUT2D eigenvalue weighted by Gasteiger charge is -2.10. The summed E-state index contributed by atoms with van der Waals surface area (Å²) in [5, 5.41) is 2.41. The van der Waals surface area contributed by atoms with Gasteiger partial charge in [0.25, 0.3) is 0 Å². The highest BCUT2D eigenvalue weighted by atomic mass is 14.7. The van der Waals surface area contributed by atoms with Gasteiger partial charge < -0.3 is 0 Å². The Balaban J connectivity index is 0.000000693. The Morgan fingerprint density at radius 2 is 1.00 bits per heavy atom. The summed E-state index contributed by atoms with van der Waals surface area (Å²) in [4.78, 5) is 4.76. The fourth-order valence-corrected chi connectivity index (χ4v) is 2.76. The van der Waals surface area contributed by atoms with Crippen LogP contribution in [0.3, 0.4) is 0 Å². The van der Waals surface area contributed by atoms with Crippen molar-refractivity contribution in [3.05, 3.63) is 78.9 Å². The lowest BCUT2D eigenvalue weighted by molar-refractivity contribution is 1.49. The minimum Gasteiger partial charge on any atom is -0.248 e. The van der Waals surface area contributed by atoms with E-state index in [2.05, 4.69) is 66.7 Å². The van der Waals surface area contributed by atoms with Crippen LogP contribution in [0.1, 0.15) is 13.8 Å². The predicted molar refractivity (Wildman–Crippen MR) is 96.0 cm³/mol. The molecule has 1 heteroatoms. The van der Waals surface area contributed by atoms with E-state index in [-0.39, 0.29) is 0 Å². The lowest BCUT2D eigenvalue weighted by Crippen LogP contribution is -1.88. The summed E-state index contributed by atoms with van der Waals surface area (Å²) in [7, 11) is 0. The van der Waals surface area contributed by atoms with E-state index in [1.807, 2.05) is 26.0 Å². The summed E-state index contributed by atoms with van der Waals surface area (Å²) in [5.41, 5.74) is 4.60. The first-order valence-electron chi connectivity index (χ1n) is 7.76. The zero-order valence-corrected chi connectivity index (χ0v) is 13.0. The monoisotopic (exact) mass is 285 g/mol. The van der Waals surface area contributed by atoms with Crippen molar-refractivity contribution in [2.45, 2.75) is 13.8 Å². The number of rotatable bonds is 1. The molecule has 0 saturated heterocycles. The minimum atomic E-state index is 1.05. The molecule has 4 aromatic rings. The van der Waals surface area contributed by atoms with Gasteiger partial charge >= 0.3 is 0 Å². The van der Waals surface area contributed by atoms with Crippen LogP contribution in [0.5, 0.6) is 0 Å². The molecule has 0 spiro atoms. The second-order valence-corrected chi connectivity index (χ2v) is 4.89. The summed E-state index contributed by atoms with van der Waals surface area (Å²) in [5.74, 6) is 0. The van der Waals surface area contributed by atoms with E-state index >= 15 is 0 Å². The molecule has 3 aromatic carbocycles. The van der Waals surface area contributed by atoms with E-state index in [0.29, 0.717) is 0 Å². The lowest BCUT2D eigenvalue weighted by atomic mass is 9.96. The number of fused-ring (bicyclic) bond motifs is 2. The van der Waals surface area contributed by atoms with Crippen molar-refractivity contribution in [2.24, 2.45) is 0 Å². The van der Waals surface area contributed by atoms with E-state index in [1.165, 1.54) is 21.9 Å². The molecule has 0 fully saturated rings. The van der Waals surface area contributed by atoms with Gasteiger partial charge in [0, 0.05) is 16.3 Å². The number of pyridine rings is 1. The number of aromatic nitrogens is 1. The van der Waals surface area contributed by atoms with Gasteiger partial charge in [-0.1, -0.05) is 80.6 Å². The molecule has 0 amide bonds. The second kappa shape index (κ2) is 6.40. The Labute approximate surface area is 131 Å². The van der Waals surface area contributed by atoms with Crippen LogP contribution in [-0.4, -0.2) is 4.98 Å². The number of benzene rings is 3. The van der Waals surface area contributed by atoms with Crippen LogP contribution in [0.15, 0.2) is 78.9 Å². The van der Waals surface area contributed by atoms with E-state index in [1.54, 1.807) is 0 Å². The van der Waals surface area contributed by atoms with Crippen molar-refractivity contribution in [3.63, 3.8) is 0 Å². The van der Waals surface area contributed by atoms with Gasteiger partial charge in [0.2, 0.25) is 0 Å². The van der Waals surface area contributed by atoms with Crippen LogP contribution in [0, 0.1) is 0 Å². The summed E-state index contributed by atoms with van der Waals surface area (Å²) in [6.07, 6.45) is 0. The SMILES string of the molecule is CC.c1ccc(-c2c3ccccc3nc3ccccc23)cc1. The molecule has 108 valence electrons. The maximum Gasteiger partial charge on any atom is 0.0715 e. The predicted octanol–water partition coefficient (Wildman–Crippen LogP) is 6.08. The van der Waals surface area contributed by atoms with Crippen molar-refractivity contribution in [3.8, 4) is 11.1 Å². The molecule has 0 radical (unpaired) electrons. The third kappa shape index (κ3) is 2.46. The van der Waals surface area contributed by atoms with Gasteiger partial charge in [-0.15, -0.1) is 0 Å². The molecule has 1 nitrogen and oxygen atoms in total. The van der Waals surface area contributed by atoms with Crippen molar-refractivity contribution in [1.29, 1.82) is 0 Å². The quantitative estimate of drug-likeness (QED) is 0.386. The molecular weight excluding hydrogens is 266 g/mol. The second-order valence-electron chi connectivity index (χ2n) is 4.89. The maximum absolute atomic E-state index is 4.76. The van der Waals surface area contributed by atoms with Crippen molar-refractivity contribution < 1.29 is 0 Å². The molecule has 0 aliphatic rings. The van der Waals surface area contributed by atoms with Gasteiger partial charge in [-0.3, -0.25) is 0 Å². The average molecular weight is 285 g/mol. The van der Waals surface area contributed by atoms with Crippen LogP contribution in [0.25, 0.3) is 32.9 Å². The van der Waals surface area contributed by atoms with Gasteiger partial charge in [0.1, 0.15) is 0 Å². The van der Waals surface area contributed by atoms with Crippen molar-refractivity contribution in [2.75, 3.05) is 0 Å². The standard InChI is InChI=1S/C19H13N.C2H6/c1-2-8-14(9-3-1)19-15-10-4-6-12-17(15)20-18-13-7-5-11-16(18)19;1-2/h1-13H;1-2H3. The molecule has 0 saturated carbocycles. The molecule has 0 atom stereocenters. The zero-order valence-electron chi connectivity index (χ0n) is 13.0. The Morgan fingerprint density at radius 1 is 0.545 bits per heavy atom. The molecule has 1 aromatic heterocycles. The van der Waals surface area contributed by atoms with Gasteiger partial charge in [-0.05, 0) is 17.7 Å². The third-order valence-electron chi connectivity index (χ3n) is 3.65. The summed E-state index contributed by atoms with van der Waals surface area (Å²) in [6, 6.07) is 27.2. The molecule has 0 N–H and O–H groups in total. The first-order chi connectivity index (χ1) is 10.9. The topological polar surface area (TPSA) is 12.9 Å². The number of para-hydroxylation sites is 2. The Kier molecular flexibility index (Phi) is 4.15. The van der Waals surface area contributed by atoms with Gasteiger partial charge in [-0.25, -0.2) is 4.98 Å². The van der Waals surface area contributed by atoms with Crippen molar-refractivity contribution in [1.82, 2.24) is 4.98 Å². The van der Waals surface area contributed by atoms with Crippen LogP contribution in [0.4, 0.5) is 0 Å². The molecule has 4 rings (SSSR count).